The number of nitrogens with one attached hydrogen (secondary N) is 3. The number of nitrogens with zero attached hydrogens (tertiary/aromatic N) is 2. The van der Waals surface area contributed by atoms with E-state index in [0.717, 1.165) is 16.5 Å². The number of carbonyl (C=O) groups is 4. The minimum Gasteiger partial charge on any atom is -0.497 e. The zero-order chi connectivity index (χ0) is 35.6. The first-order valence-corrected chi connectivity index (χ1v) is 16.0. The fraction of sp³-hybridized carbons (Fsp3) is 0.324. The van der Waals surface area contributed by atoms with Gasteiger partial charge in [0.15, 0.2) is 0 Å². The minimum atomic E-state index is -1.36. The number of pyridine rings is 1. The number of aromatic nitrogens is 1. The number of hydrogen-bond acceptors (Lipinski definition) is 7. The number of rotatable bonds is 14. The van der Waals surface area contributed by atoms with Gasteiger partial charge in [0.1, 0.15) is 17.5 Å². The maximum atomic E-state index is 13.8. The Hall–Kier alpha value is -5.49. The van der Waals surface area contributed by atoms with Crippen LogP contribution >= 0.6 is 0 Å². The summed E-state index contributed by atoms with van der Waals surface area (Å²) in [5.74, 6) is -1.55. The van der Waals surface area contributed by atoms with Crippen LogP contribution in [0.5, 0.6) is 5.75 Å². The number of fused-ring (bicyclic) bond motifs is 1. The number of amides is 5. The number of aliphatic hydroxyl groups is 1. The van der Waals surface area contributed by atoms with Crippen LogP contribution in [0.3, 0.4) is 0 Å². The number of primary amides is 1. The number of benzene rings is 3. The predicted octanol–water partition coefficient (Wildman–Crippen LogP) is 3.32. The summed E-state index contributed by atoms with van der Waals surface area (Å²) in [4.78, 5) is 58.3. The highest BCUT2D eigenvalue weighted by molar-refractivity contribution is 5.99. The number of aliphatic hydroxyl groups excluding tert-OH is 1. The van der Waals surface area contributed by atoms with E-state index in [2.05, 4.69) is 20.9 Å². The first-order chi connectivity index (χ1) is 23.3. The van der Waals surface area contributed by atoms with Crippen molar-refractivity contribution in [3.63, 3.8) is 0 Å². The molecule has 0 bridgehead atoms. The van der Waals surface area contributed by atoms with Gasteiger partial charge in [-0.2, -0.15) is 0 Å². The second kappa shape index (κ2) is 16.6. The second-order valence-corrected chi connectivity index (χ2v) is 12.9. The van der Waals surface area contributed by atoms with Crippen LogP contribution in [0.25, 0.3) is 10.9 Å². The molecule has 3 aromatic carbocycles. The van der Waals surface area contributed by atoms with E-state index in [-0.39, 0.29) is 25.2 Å². The first kappa shape index (κ1) is 36.3. The molecule has 3 atom stereocenters. The van der Waals surface area contributed by atoms with Crippen molar-refractivity contribution in [2.45, 2.75) is 63.9 Å². The molecule has 1 aromatic heterocycles. The average Bonchev–Trinajstić information content (AvgIpc) is 3.06. The van der Waals surface area contributed by atoms with Gasteiger partial charge < -0.3 is 36.4 Å². The fourth-order valence-electron chi connectivity index (χ4n) is 5.19. The minimum absolute atomic E-state index is 0.0564. The van der Waals surface area contributed by atoms with Gasteiger partial charge >= 0.3 is 6.03 Å². The monoisotopic (exact) mass is 668 g/mol. The third-order valence-electron chi connectivity index (χ3n) is 7.66. The smallest absolute Gasteiger partial charge is 0.318 e. The van der Waals surface area contributed by atoms with Crippen LogP contribution in [0.15, 0.2) is 91.0 Å². The van der Waals surface area contributed by atoms with E-state index in [1.54, 1.807) is 37.4 Å². The molecule has 1 heterocycles. The standard InChI is InChI=1S/C37H44N6O6/c1-37(2,3)42-36(48)43(22-25-14-17-27(49-4)18-15-25)23-32(44)30(20-24-10-6-5-7-11-24)40-35(47)31(21-33(38)45)41-34(46)29-19-16-26-12-8-9-13-28(26)39-29/h5-19,30-32,44H,20-23H2,1-4H3,(H2,38,45)(H,40,47)(H,41,46)(H,42,48)/t30-,31?,32?/m0/s1. The highest BCUT2D eigenvalue weighted by Crippen LogP contribution is 2.17. The number of hydrogen-bond donors (Lipinski definition) is 5. The summed E-state index contributed by atoms with van der Waals surface area (Å²) in [6.07, 6.45) is -1.56. The molecule has 2 unspecified atom stereocenters. The van der Waals surface area contributed by atoms with Gasteiger partial charge in [0.05, 0.1) is 37.7 Å². The molecule has 0 saturated carbocycles. The largest absolute Gasteiger partial charge is 0.497 e. The normalized spacial score (nSPS) is 13.1. The summed E-state index contributed by atoms with van der Waals surface area (Å²) in [6, 6.07) is 24.3. The molecule has 0 radical (unpaired) electrons. The quantitative estimate of drug-likeness (QED) is 0.137. The average molecular weight is 669 g/mol. The van der Waals surface area contributed by atoms with Crippen LogP contribution in [0.2, 0.25) is 0 Å². The molecular formula is C37H44N6O6. The molecule has 0 fully saturated rings. The van der Waals surface area contributed by atoms with E-state index in [1.807, 2.05) is 75.4 Å². The van der Waals surface area contributed by atoms with Crippen molar-refractivity contribution in [3.8, 4) is 5.75 Å². The summed E-state index contributed by atoms with van der Waals surface area (Å²) >= 11 is 0. The van der Waals surface area contributed by atoms with Crippen molar-refractivity contribution in [2.75, 3.05) is 13.7 Å². The Bertz CT molecular complexity index is 1740. The zero-order valence-electron chi connectivity index (χ0n) is 28.2. The summed E-state index contributed by atoms with van der Waals surface area (Å²) < 4.78 is 5.25. The van der Waals surface area contributed by atoms with Crippen LogP contribution in [-0.4, -0.2) is 76.1 Å². The van der Waals surface area contributed by atoms with Crippen LogP contribution in [-0.2, 0) is 22.6 Å². The number of ether oxygens (including phenoxy) is 1. The van der Waals surface area contributed by atoms with Gasteiger partial charge in [-0.3, -0.25) is 14.4 Å². The molecule has 12 heteroatoms. The van der Waals surface area contributed by atoms with Crippen LogP contribution in [0, 0.1) is 0 Å². The maximum Gasteiger partial charge on any atom is 0.318 e. The molecular weight excluding hydrogens is 624 g/mol. The molecule has 4 aromatic rings. The third-order valence-corrected chi connectivity index (χ3v) is 7.66. The van der Waals surface area contributed by atoms with E-state index < -0.39 is 53.9 Å². The highest BCUT2D eigenvalue weighted by atomic mass is 16.5. The predicted molar refractivity (Wildman–Crippen MR) is 187 cm³/mol. The van der Waals surface area contributed by atoms with Crippen LogP contribution in [0.4, 0.5) is 4.79 Å². The third kappa shape index (κ3) is 11.0. The van der Waals surface area contributed by atoms with E-state index in [0.29, 0.717) is 11.3 Å². The van der Waals surface area contributed by atoms with Crippen molar-refractivity contribution < 1.29 is 29.0 Å². The van der Waals surface area contributed by atoms with Gasteiger partial charge in [-0.15, -0.1) is 0 Å². The van der Waals surface area contributed by atoms with Gasteiger partial charge in [0, 0.05) is 17.5 Å². The number of methoxy groups -OCH3 is 1. The van der Waals surface area contributed by atoms with E-state index in [9.17, 15) is 24.3 Å². The van der Waals surface area contributed by atoms with Gasteiger partial charge in [-0.1, -0.05) is 66.7 Å². The van der Waals surface area contributed by atoms with Crippen molar-refractivity contribution in [1.29, 1.82) is 0 Å². The molecule has 0 aliphatic rings. The Morgan fingerprint density at radius 1 is 0.878 bits per heavy atom. The summed E-state index contributed by atoms with van der Waals surface area (Å²) in [5, 5.41) is 20.9. The number of para-hydroxylation sites is 1. The Labute approximate surface area is 286 Å². The molecule has 0 saturated heterocycles. The lowest BCUT2D eigenvalue weighted by molar-refractivity contribution is -0.128. The van der Waals surface area contributed by atoms with Gasteiger partial charge in [0.25, 0.3) is 5.91 Å². The Balaban J connectivity index is 1.57. The van der Waals surface area contributed by atoms with Gasteiger partial charge in [-0.25, -0.2) is 9.78 Å². The Morgan fingerprint density at radius 2 is 1.55 bits per heavy atom. The fourth-order valence-corrected chi connectivity index (χ4v) is 5.19. The summed E-state index contributed by atoms with van der Waals surface area (Å²) in [6.45, 7) is 5.57. The lowest BCUT2D eigenvalue weighted by Crippen LogP contribution is -2.57. The summed E-state index contributed by atoms with van der Waals surface area (Å²) in [5.41, 5.74) is 7.18. The number of nitrogens with two attached hydrogens (primary N) is 1. The molecule has 0 aliphatic carbocycles. The highest BCUT2D eigenvalue weighted by Gasteiger charge is 2.31. The molecule has 6 N–H and O–H groups in total. The maximum absolute atomic E-state index is 13.8. The lowest BCUT2D eigenvalue weighted by atomic mass is 9.99. The summed E-state index contributed by atoms with van der Waals surface area (Å²) in [7, 11) is 1.56. The Kier molecular flexibility index (Phi) is 12.3. The van der Waals surface area contributed by atoms with Gasteiger partial charge in [0.2, 0.25) is 11.8 Å². The second-order valence-electron chi connectivity index (χ2n) is 12.9. The molecule has 12 nitrogen and oxygen atoms in total. The van der Waals surface area contributed by atoms with Crippen LogP contribution in [0.1, 0.15) is 48.8 Å². The van der Waals surface area contributed by atoms with Crippen LogP contribution < -0.4 is 26.4 Å². The molecule has 49 heavy (non-hydrogen) atoms. The first-order valence-electron chi connectivity index (χ1n) is 16.0. The van der Waals surface area contributed by atoms with Crippen molar-refractivity contribution >= 4 is 34.7 Å². The number of carbonyl (C=O) groups excluding carboxylic acids is 4. The van der Waals surface area contributed by atoms with Crippen molar-refractivity contribution in [2.24, 2.45) is 5.73 Å². The molecule has 5 amide bonds. The van der Waals surface area contributed by atoms with E-state index >= 15 is 0 Å². The zero-order valence-corrected chi connectivity index (χ0v) is 28.2. The van der Waals surface area contributed by atoms with Crippen molar-refractivity contribution in [1.82, 2.24) is 25.8 Å². The molecule has 0 aliphatic heterocycles. The SMILES string of the molecule is COc1ccc(CN(CC(O)[C@H](Cc2ccccc2)NC(=O)C(CC(N)=O)NC(=O)c2ccc3ccccc3n2)C(=O)NC(C)(C)C)cc1. The van der Waals surface area contributed by atoms with Crippen molar-refractivity contribution in [3.05, 3.63) is 108 Å². The molecule has 0 spiro atoms. The van der Waals surface area contributed by atoms with Gasteiger partial charge in [-0.05, 0) is 62.6 Å². The topological polar surface area (TPSA) is 176 Å². The number of urea groups is 1. The van der Waals surface area contributed by atoms with E-state index in [1.165, 1.54) is 11.0 Å². The Morgan fingerprint density at radius 3 is 2.20 bits per heavy atom. The lowest BCUT2D eigenvalue weighted by Gasteiger charge is -2.33. The molecule has 258 valence electrons. The molecule has 4 rings (SSSR count). The van der Waals surface area contributed by atoms with E-state index in [4.69, 9.17) is 10.5 Å².